The third-order valence-corrected chi connectivity index (χ3v) is 4.60. The fourth-order valence-electron chi connectivity index (χ4n) is 2.12. The lowest BCUT2D eigenvalue weighted by Crippen LogP contribution is -2.21. The Kier molecular flexibility index (Phi) is 8.46. The molecular weight excluding hydrogens is 340 g/mol. The highest BCUT2D eigenvalue weighted by molar-refractivity contribution is 7.98. The maximum Gasteiger partial charge on any atom is 0.238 e. The average molecular weight is 365 g/mol. The average Bonchev–Trinajstić information content (AvgIpc) is 2.69. The Morgan fingerprint density at radius 3 is 1.96 bits per heavy atom. The van der Waals surface area contributed by atoms with E-state index in [2.05, 4.69) is 36.5 Å². The van der Waals surface area contributed by atoms with Crippen LogP contribution in [0.2, 0.25) is 0 Å². The number of benzene rings is 3. The quantitative estimate of drug-likeness (QED) is 0.635. The third-order valence-electron chi connectivity index (χ3n) is 3.51. The van der Waals surface area contributed by atoms with E-state index in [-0.39, 0.29) is 12.5 Å². The highest BCUT2D eigenvalue weighted by Crippen LogP contribution is 2.24. The molecule has 3 rings (SSSR count). The maximum atomic E-state index is 11.1. The summed E-state index contributed by atoms with van der Waals surface area (Å²) in [7, 11) is 0. The number of thioether (sulfide) groups is 1. The van der Waals surface area contributed by atoms with Crippen molar-refractivity contribution >= 4 is 23.4 Å². The zero-order valence-electron chi connectivity index (χ0n) is 14.9. The largest absolute Gasteiger partial charge is 0.325 e. The molecule has 3 N–H and O–H groups in total. The van der Waals surface area contributed by atoms with Gasteiger partial charge in [-0.1, -0.05) is 66.2 Å². The van der Waals surface area contributed by atoms with Crippen molar-refractivity contribution < 1.29 is 4.79 Å². The third kappa shape index (κ3) is 7.55. The molecule has 0 aliphatic heterocycles. The number of hydrogen-bond acceptors (Lipinski definition) is 3. The van der Waals surface area contributed by atoms with E-state index >= 15 is 0 Å². The standard InChI is InChI=1S/C15H16N2OS.C7H8/c16-10-15(18)17-13-6-8-14(9-7-13)19-11-12-4-2-1-3-5-12;1-7-5-3-2-4-6-7/h1-9H,10-11,16H2,(H,17,18);2-6H,1H3. The molecule has 0 bridgehead atoms. The number of anilines is 1. The molecule has 134 valence electrons. The predicted molar refractivity (Wildman–Crippen MR) is 111 cm³/mol. The second-order valence-electron chi connectivity index (χ2n) is 5.71. The summed E-state index contributed by atoms with van der Waals surface area (Å²) >= 11 is 1.77. The summed E-state index contributed by atoms with van der Waals surface area (Å²) in [6, 6.07) is 28.4. The second kappa shape index (κ2) is 11.1. The minimum atomic E-state index is -0.176. The van der Waals surface area contributed by atoms with Gasteiger partial charge in [-0.25, -0.2) is 0 Å². The van der Waals surface area contributed by atoms with Crippen molar-refractivity contribution in [1.29, 1.82) is 0 Å². The minimum absolute atomic E-state index is 0.00447. The Bertz CT molecular complexity index is 774. The number of hydrogen-bond donors (Lipinski definition) is 2. The number of amides is 1. The summed E-state index contributed by atoms with van der Waals surface area (Å²) in [5, 5.41) is 2.72. The van der Waals surface area contributed by atoms with E-state index in [9.17, 15) is 4.79 Å². The van der Waals surface area contributed by atoms with Crippen LogP contribution in [0.4, 0.5) is 5.69 Å². The predicted octanol–water partition coefficient (Wildman–Crippen LogP) is 4.87. The first-order valence-electron chi connectivity index (χ1n) is 8.46. The van der Waals surface area contributed by atoms with Crippen LogP contribution >= 0.6 is 11.8 Å². The Balaban J connectivity index is 0.000000290. The van der Waals surface area contributed by atoms with Crippen LogP contribution in [0.25, 0.3) is 0 Å². The van der Waals surface area contributed by atoms with Crippen molar-refractivity contribution in [1.82, 2.24) is 0 Å². The zero-order valence-corrected chi connectivity index (χ0v) is 15.7. The molecule has 4 heteroatoms. The van der Waals surface area contributed by atoms with Gasteiger partial charge < -0.3 is 11.1 Å². The molecule has 0 saturated carbocycles. The molecule has 0 saturated heterocycles. The van der Waals surface area contributed by atoms with Crippen molar-refractivity contribution in [2.24, 2.45) is 5.73 Å². The molecule has 26 heavy (non-hydrogen) atoms. The fourth-order valence-corrected chi connectivity index (χ4v) is 2.98. The summed E-state index contributed by atoms with van der Waals surface area (Å²) < 4.78 is 0. The Labute approximate surface area is 159 Å². The van der Waals surface area contributed by atoms with Gasteiger partial charge in [0, 0.05) is 16.3 Å². The lowest BCUT2D eigenvalue weighted by atomic mass is 10.2. The van der Waals surface area contributed by atoms with Gasteiger partial charge in [0.1, 0.15) is 0 Å². The van der Waals surface area contributed by atoms with E-state index in [4.69, 9.17) is 5.73 Å². The van der Waals surface area contributed by atoms with E-state index in [1.165, 1.54) is 16.0 Å². The number of carbonyl (C=O) groups is 1. The van der Waals surface area contributed by atoms with Gasteiger partial charge in [-0.15, -0.1) is 11.8 Å². The minimum Gasteiger partial charge on any atom is -0.325 e. The number of rotatable bonds is 5. The lowest BCUT2D eigenvalue weighted by molar-refractivity contribution is -0.114. The summed E-state index contributed by atoms with van der Waals surface area (Å²) in [5.41, 5.74) is 8.64. The van der Waals surface area contributed by atoms with Crippen molar-refractivity contribution in [3.05, 3.63) is 96.1 Å². The lowest BCUT2D eigenvalue weighted by Gasteiger charge is -2.05. The van der Waals surface area contributed by atoms with E-state index in [0.717, 1.165) is 11.4 Å². The molecule has 0 aliphatic carbocycles. The number of nitrogens with two attached hydrogens (primary N) is 1. The van der Waals surface area contributed by atoms with Gasteiger partial charge in [-0.2, -0.15) is 0 Å². The van der Waals surface area contributed by atoms with E-state index in [0.29, 0.717) is 0 Å². The maximum absolute atomic E-state index is 11.1. The van der Waals surface area contributed by atoms with Crippen LogP contribution in [0.1, 0.15) is 11.1 Å². The van der Waals surface area contributed by atoms with Crippen LogP contribution in [-0.2, 0) is 10.5 Å². The fraction of sp³-hybridized carbons (Fsp3) is 0.136. The molecule has 1 amide bonds. The summed E-state index contributed by atoms with van der Waals surface area (Å²) in [5.74, 6) is 0.764. The Morgan fingerprint density at radius 1 is 0.885 bits per heavy atom. The van der Waals surface area contributed by atoms with Gasteiger partial charge in [0.15, 0.2) is 0 Å². The monoisotopic (exact) mass is 364 g/mol. The zero-order chi connectivity index (χ0) is 18.6. The molecule has 0 unspecified atom stereocenters. The highest BCUT2D eigenvalue weighted by atomic mass is 32.2. The van der Waals surface area contributed by atoms with E-state index < -0.39 is 0 Å². The Hall–Kier alpha value is -2.56. The first kappa shape index (κ1) is 19.8. The summed E-state index contributed by atoms with van der Waals surface area (Å²) in [4.78, 5) is 12.3. The molecule has 0 heterocycles. The molecule has 0 fully saturated rings. The second-order valence-corrected chi connectivity index (χ2v) is 6.75. The Morgan fingerprint density at radius 2 is 1.46 bits per heavy atom. The molecule has 3 nitrogen and oxygen atoms in total. The molecule has 0 radical (unpaired) electrons. The van der Waals surface area contributed by atoms with Crippen LogP contribution in [0, 0.1) is 6.92 Å². The van der Waals surface area contributed by atoms with Crippen LogP contribution < -0.4 is 11.1 Å². The van der Waals surface area contributed by atoms with Crippen LogP contribution in [0.5, 0.6) is 0 Å². The highest BCUT2D eigenvalue weighted by Gasteiger charge is 2.00. The van der Waals surface area contributed by atoms with Gasteiger partial charge in [0.05, 0.1) is 6.54 Å². The summed E-state index contributed by atoms with van der Waals surface area (Å²) in [6.07, 6.45) is 0. The molecule has 0 aromatic heterocycles. The van der Waals surface area contributed by atoms with Gasteiger partial charge in [-0.05, 0) is 36.8 Å². The van der Waals surface area contributed by atoms with Crippen molar-refractivity contribution in [2.75, 3.05) is 11.9 Å². The first-order valence-corrected chi connectivity index (χ1v) is 9.44. The van der Waals surface area contributed by atoms with Crippen molar-refractivity contribution in [3.8, 4) is 0 Å². The van der Waals surface area contributed by atoms with E-state index in [1.807, 2.05) is 60.7 Å². The van der Waals surface area contributed by atoms with Gasteiger partial charge in [0.25, 0.3) is 0 Å². The van der Waals surface area contributed by atoms with Crippen molar-refractivity contribution in [3.63, 3.8) is 0 Å². The van der Waals surface area contributed by atoms with Crippen LogP contribution in [-0.4, -0.2) is 12.5 Å². The van der Waals surface area contributed by atoms with Gasteiger partial charge in [0.2, 0.25) is 5.91 Å². The molecule has 3 aromatic rings. The first-order chi connectivity index (χ1) is 12.7. The normalized spacial score (nSPS) is 9.77. The molecular formula is C22H24N2OS. The number of aryl methyl sites for hydroxylation is 1. The summed E-state index contributed by atoms with van der Waals surface area (Å²) in [6.45, 7) is 2.09. The number of nitrogens with one attached hydrogen (secondary N) is 1. The number of carbonyl (C=O) groups excluding carboxylic acids is 1. The van der Waals surface area contributed by atoms with E-state index in [1.54, 1.807) is 11.8 Å². The molecule has 0 spiro atoms. The van der Waals surface area contributed by atoms with Crippen molar-refractivity contribution in [2.45, 2.75) is 17.6 Å². The molecule has 3 aromatic carbocycles. The van der Waals surface area contributed by atoms with Crippen LogP contribution in [0.3, 0.4) is 0 Å². The molecule has 0 atom stereocenters. The van der Waals surface area contributed by atoms with Crippen LogP contribution in [0.15, 0.2) is 89.8 Å². The topological polar surface area (TPSA) is 55.1 Å². The molecule has 0 aliphatic rings. The van der Waals surface area contributed by atoms with Gasteiger partial charge >= 0.3 is 0 Å². The smallest absolute Gasteiger partial charge is 0.238 e. The van der Waals surface area contributed by atoms with Gasteiger partial charge in [-0.3, -0.25) is 4.79 Å². The SMILES string of the molecule is Cc1ccccc1.NCC(=O)Nc1ccc(SCc2ccccc2)cc1.